The number of nitro groups is 1. The number of benzene rings is 1. The van der Waals surface area contributed by atoms with Crippen molar-refractivity contribution in [1.82, 2.24) is 9.97 Å². The topological polar surface area (TPSA) is 90.2 Å². The van der Waals surface area contributed by atoms with Crippen molar-refractivity contribution >= 4 is 34.8 Å². The second kappa shape index (κ2) is 5.89. The van der Waals surface area contributed by atoms with Gasteiger partial charge in [-0.3, -0.25) is 10.1 Å². The van der Waals surface area contributed by atoms with Crippen LogP contribution in [0.25, 0.3) is 0 Å². The fourth-order valence-corrected chi connectivity index (χ4v) is 1.62. The molecule has 0 aliphatic heterocycles. The zero-order valence-electron chi connectivity index (χ0n) is 10.1. The first-order valence-electron chi connectivity index (χ1n) is 5.33. The van der Waals surface area contributed by atoms with Crippen molar-refractivity contribution in [3.05, 3.63) is 44.6 Å². The highest BCUT2D eigenvalue weighted by Crippen LogP contribution is 2.34. The Hall–Kier alpha value is -2.12. The zero-order chi connectivity index (χ0) is 14.7. The quantitative estimate of drug-likeness (QED) is 0.685. The summed E-state index contributed by atoms with van der Waals surface area (Å²) in [4.78, 5) is 18.1. The molecule has 0 aliphatic carbocycles. The molecule has 1 N–H and O–H groups in total. The van der Waals surface area contributed by atoms with Gasteiger partial charge in [-0.05, 0) is 6.07 Å². The minimum Gasteiger partial charge on any atom is -0.436 e. The van der Waals surface area contributed by atoms with Gasteiger partial charge in [-0.15, -0.1) is 0 Å². The third-order valence-electron chi connectivity index (χ3n) is 2.27. The number of rotatable bonds is 4. The average molecular weight is 315 g/mol. The molecule has 1 aromatic heterocycles. The Bertz CT molecular complexity index is 666. The summed E-state index contributed by atoms with van der Waals surface area (Å²) in [6.45, 7) is 0. The lowest BCUT2D eigenvalue weighted by Gasteiger charge is -2.08. The van der Waals surface area contributed by atoms with Crippen LogP contribution < -0.4 is 10.1 Å². The van der Waals surface area contributed by atoms with E-state index in [9.17, 15) is 10.1 Å². The molecule has 0 atom stereocenters. The molecule has 2 aromatic rings. The van der Waals surface area contributed by atoms with E-state index in [-0.39, 0.29) is 27.4 Å². The third kappa shape index (κ3) is 3.06. The number of hydrogen-bond acceptors (Lipinski definition) is 6. The summed E-state index contributed by atoms with van der Waals surface area (Å²) in [5.74, 6) is 0.433. The molecule has 0 unspecified atom stereocenters. The van der Waals surface area contributed by atoms with E-state index in [0.717, 1.165) is 0 Å². The minimum absolute atomic E-state index is 0.0495. The van der Waals surface area contributed by atoms with Gasteiger partial charge in [-0.25, -0.2) is 4.98 Å². The number of anilines is 1. The van der Waals surface area contributed by atoms with Crippen LogP contribution >= 0.6 is 23.2 Å². The maximum absolute atomic E-state index is 10.7. The molecule has 104 valence electrons. The van der Waals surface area contributed by atoms with Crippen molar-refractivity contribution in [2.45, 2.75) is 0 Å². The monoisotopic (exact) mass is 314 g/mol. The summed E-state index contributed by atoms with van der Waals surface area (Å²) in [5.41, 5.74) is -0.150. The number of non-ortho nitro benzene ring substituents is 1. The van der Waals surface area contributed by atoms with E-state index in [1.165, 1.54) is 24.4 Å². The number of nitrogens with one attached hydrogen (secondary N) is 1. The van der Waals surface area contributed by atoms with E-state index in [1.54, 1.807) is 7.05 Å². The first-order valence-corrected chi connectivity index (χ1v) is 6.09. The molecule has 0 aliphatic rings. The van der Waals surface area contributed by atoms with Crippen LogP contribution in [0.3, 0.4) is 0 Å². The molecule has 20 heavy (non-hydrogen) atoms. The van der Waals surface area contributed by atoms with Crippen LogP contribution in [0, 0.1) is 10.1 Å². The molecule has 1 aromatic carbocycles. The molecule has 0 fully saturated rings. The first-order chi connectivity index (χ1) is 9.51. The number of nitro benzene ring substituents is 1. The standard InChI is InChI=1S/C11H8Cl2N4O3/c1-14-11-15-5-8(13)10(16-11)20-9-4-6(17(18)19)2-3-7(9)12/h2-5H,1H3,(H,14,15,16). The Labute approximate surface area is 123 Å². The van der Waals surface area contributed by atoms with Gasteiger partial charge in [0, 0.05) is 13.1 Å². The second-order valence-electron chi connectivity index (χ2n) is 3.57. The molecular weight excluding hydrogens is 307 g/mol. The van der Waals surface area contributed by atoms with Crippen molar-refractivity contribution in [2.24, 2.45) is 0 Å². The number of halogens is 2. The Morgan fingerprint density at radius 1 is 1.35 bits per heavy atom. The van der Waals surface area contributed by atoms with Gasteiger partial charge in [-0.1, -0.05) is 23.2 Å². The number of hydrogen-bond donors (Lipinski definition) is 1. The molecule has 1 heterocycles. The number of nitrogens with zero attached hydrogens (tertiary/aromatic N) is 3. The third-order valence-corrected chi connectivity index (χ3v) is 2.84. The van der Waals surface area contributed by atoms with Gasteiger partial charge in [0.1, 0.15) is 5.02 Å². The lowest BCUT2D eigenvalue weighted by Crippen LogP contribution is -1.99. The highest BCUT2D eigenvalue weighted by Gasteiger charge is 2.14. The van der Waals surface area contributed by atoms with E-state index in [4.69, 9.17) is 27.9 Å². The van der Waals surface area contributed by atoms with Gasteiger partial charge >= 0.3 is 0 Å². The highest BCUT2D eigenvalue weighted by atomic mass is 35.5. The summed E-state index contributed by atoms with van der Waals surface area (Å²) in [6.07, 6.45) is 1.35. The van der Waals surface area contributed by atoms with E-state index in [1.807, 2.05) is 0 Å². The van der Waals surface area contributed by atoms with Gasteiger partial charge in [-0.2, -0.15) is 4.98 Å². The lowest BCUT2D eigenvalue weighted by atomic mass is 10.3. The summed E-state index contributed by atoms with van der Waals surface area (Å²) in [5, 5.41) is 13.8. The van der Waals surface area contributed by atoms with Crippen molar-refractivity contribution in [2.75, 3.05) is 12.4 Å². The van der Waals surface area contributed by atoms with Crippen LogP contribution in [0.1, 0.15) is 0 Å². The molecule has 0 bridgehead atoms. The van der Waals surface area contributed by atoms with Gasteiger partial charge < -0.3 is 10.1 Å². The first kappa shape index (κ1) is 14.3. The normalized spacial score (nSPS) is 10.2. The van der Waals surface area contributed by atoms with Crippen LogP contribution in [0.5, 0.6) is 11.6 Å². The molecule has 2 rings (SSSR count). The van der Waals surface area contributed by atoms with E-state index < -0.39 is 4.92 Å². The van der Waals surface area contributed by atoms with Crippen molar-refractivity contribution < 1.29 is 9.66 Å². The maximum atomic E-state index is 10.7. The SMILES string of the molecule is CNc1ncc(Cl)c(Oc2cc([N+](=O)[O-])ccc2Cl)n1. The summed E-state index contributed by atoms with van der Waals surface area (Å²) in [6, 6.07) is 3.83. The predicted molar refractivity (Wildman–Crippen MR) is 74.8 cm³/mol. The van der Waals surface area contributed by atoms with Gasteiger partial charge in [0.05, 0.1) is 22.2 Å². The van der Waals surface area contributed by atoms with Crippen LogP contribution in [-0.2, 0) is 0 Å². The van der Waals surface area contributed by atoms with Crippen LogP contribution in [0.15, 0.2) is 24.4 Å². The van der Waals surface area contributed by atoms with Gasteiger partial charge in [0.15, 0.2) is 5.75 Å². The van der Waals surface area contributed by atoms with E-state index in [2.05, 4.69) is 15.3 Å². The molecular formula is C11H8Cl2N4O3. The predicted octanol–water partition coefficient (Wildman–Crippen LogP) is 3.53. The smallest absolute Gasteiger partial charge is 0.273 e. The Kier molecular flexibility index (Phi) is 4.21. The number of ether oxygens (including phenoxy) is 1. The Balaban J connectivity index is 2.38. The molecule has 7 nitrogen and oxygen atoms in total. The number of aromatic nitrogens is 2. The highest BCUT2D eigenvalue weighted by molar-refractivity contribution is 6.32. The molecule has 0 saturated carbocycles. The summed E-state index contributed by atoms with van der Waals surface area (Å²) in [7, 11) is 1.63. The van der Waals surface area contributed by atoms with E-state index in [0.29, 0.717) is 5.95 Å². The fraction of sp³-hybridized carbons (Fsp3) is 0.0909. The molecule has 0 saturated heterocycles. The Morgan fingerprint density at radius 2 is 2.10 bits per heavy atom. The van der Waals surface area contributed by atoms with Crippen molar-refractivity contribution in [1.29, 1.82) is 0 Å². The fourth-order valence-electron chi connectivity index (χ4n) is 1.33. The maximum Gasteiger partial charge on any atom is 0.273 e. The van der Waals surface area contributed by atoms with Gasteiger partial charge in [0.25, 0.3) is 5.69 Å². The average Bonchev–Trinajstić information content (AvgIpc) is 2.43. The minimum atomic E-state index is -0.552. The van der Waals surface area contributed by atoms with Crippen LogP contribution in [-0.4, -0.2) is 21.9 Å². The van der Waals surface area contributed by atoms with Crippen molar-refractivity contribution in [3.8, 4) is 11.6 Å². The zero-order valence-corrected chi connectivity index (χ0v) is 11.6. The van der Waals surface area contributed by atoms with Crippen molar-refractivity contribution in [3.63, 3.8) is 0 Å². The summed E-state index contributed by atoms with van der Waals surface area (Å²) >= 11 is 11.8. The molecule has 0 radical (unpaired) electrons. The Morgan fingerprint density at radius 3 is 2.75 bits per heavy atom. The van der Waals surface area contributed by atoms with Crippen LogP contribution in [0.2, 0.25) is 10.0 Å². The lowest BCUT2D eigenvalue weighted by molar-refractivity contribution is -0.384. The largest absolute Gasteiger partial charge is 0.436 e. The van der Waals surface area contributed by atoms with Crippen LogP contribution in [0.4, 0.5) is 11.6 Å². The van der Waals surface area contributed by atoms with Gasteiger partial charge in [0.2, 0.25) is 11.8 Å². The second-order valence-corrected chi connectivity index (χ2v) is 4.38. The molecule has 0 spiro atoms. The molecule has 0 amide bonds. The molecule has 9 heteroatoms. The summed E-state index contributed by atoms with van der Waals surface area (Å²) < 4.78 is 5.41. The van der Waals surface area contributed by atoms with E-state index >= 15 is 0 Å².